The van der Waals surface area contributed by atoms with Gasteiger partial charge in [0.15, 0.2) is 0 Å². The standard InChI is InChI=1S/C27H21Cl2N3O/c1-17-11-12-21(28)14-25(17)31-27(33)20(15-30)13-23-18(2)32(26-10-6-4-8-22(23)26)16-19-7-3-5-9-24(19)29/h3-14H,16H2,1-2H3,(H,31,33)/b20-13-. The first kappa shape index (κ1) is 22.7. The van der Waals surface area contributed by atoms with E-state index in [0.717, 1.165) is 33.3 Å². The van der Waals surface area contributed by atoms with Gasteiger partial charge in [0.05, 0.1) is 0 Å². The molecular formula is C27H21Cl2N3O. The van der Waals surface area contributed by atoms with E-state index in [2.05, 4.69) is 16.0 Å². The number of carbonyl (C=O) groups excluding carboxylic acids is 1. The van der Waals surface area contributed by atoms with E-state index in [-0.39, 0.29) is 5.57 Å². The van der Waals surface area contributed by atoms with Crippen LogP contribution in [0, 0.1) is 25.2 Å². The van der Waals surface area contributed by atoms with Gasteiger partial charge in [-0.25, -0.2) is 0 Å². The van der Waals surface area contributed by atoms with Gasteiger partial charge in [-0.3, -0.25) is 4.79 Å². The molecule has 0 atom stereocenters. The predicted octanol–water partition coefficient (Wildman–Crippen LogP) is 7.16. The monoisotopic (exact) mass is 473 g/mol. The van der Waals surface area contributed by atoms with Gasteiger partial charge in [-0.2, -0.15) is 5.26 Å². The van der Waals surface area contributed by atoms with E-state index in [1.807, 2.05) is 68.4 Å². The second-order valence-corrected chi connectivity index (χ2v) is 8.62. The number of halogens is 2. The minimum atomic E-state index is -0.481. The molecule has 4 nitrogen and oxygen atoms in total. The lowest BCUT2D eigenvalue weighted by Gasteiger charge is -2.10. The number of rotatable bonds is 5. The van der Waals surface area contributed by atoms with Gasteiger partial charge in [0.1, 0.15) is 11.6 Å². The average Bonchev–Trinajstić information content (AvgIpc) is 3.06. The van der Waals surface area contributed by atoms with Gasteiger partial charge >= 0.3 is 0 Å². The van der Waals surface area contributed by atoms with Crippen LogP contribution in [0.1, 0.15) is 22.4 Å². The number of nitriles is 1. The Kier molecular flexibility index (Phi) is 6.55. The number of benzene rings is 3. The van der Waals surface area contributed by atoms with Crippen LogP contribution in [0.5, 0.6) is 0 Å². The van der Waals surface area contributed by atoms with Crippen LogP contribution >= 0.6 is 23.2 Å². The van der Waals surface area contributed by atoms with Crippen LogP contribution in [0.15, 0.2) is 72.3 Å². The van der Waals surface area contributed by atoms with Crippen LogP contribution < -0.4 is 5.32 Å². The molecular weight excluding hydrogens is 453 g/mol. The molecule has 1 aromatic heterocycles. The molecule has 0 aliphatic carbocycles. The lowest BCUT2D eigenvalue weighted by atomic mass is 10.1. The Morgan fingerprint density at radius 3 is 2.55 bits per heavy atom. The molecule has 0 fully saturated rings. The zero-order valence-electron chi connectivity index (χ0n) is 18.2. The minimum absolute atomic E-state index is 0.0122. The quantitative estimate of drug-likeness (QED) is 0.247. The number of hydrogen-bond donors (Lipinski definition) is 1. The highest BCUT2D eigenvalue weighted by atomic mass is 35.5. The van der Waals surface area contributed by atoms with E-state index in [1.165, 1.54) is 0 Å². The summed E-state index contributed by atoms with van der Waals surface area (Å²) < 4.78 is 2.15. The lowest BCUT2D eigenvalue weighted by Crippen LogP contribution is -2.14. The first-order chi connectivity index (χ1) is 15.9. The number of nitrogens with zero attached hydrogens (tertiary/aromatic N) is 2. The summed E-state index contributed by atoms with van der Waals surface area (Å²) >= 11 is 12.5. The number of amides is 1. The topological polar surface area (TPSA) is 57.8 Å². The zero-order chi connectivity index (χ0) is 23.5. The van der Waals surface area contributed by atoms with Gasteiger partial charge in [-0.05, 0) is 55.3 Å². The molecule has 6 heteroatoms. The number of aromatic nitrogens is 1. The molecule has 1 N–H and O–H groups in total. The van der Waals surface area contributed by atoms with Crippen LogP contribution in [-0.4, -0.2) is 10.5 Å². The second kappa shape index (κ2) is 9.54. The van der Waals surface area contributed by atoms with Crippen molar-refractivity contribution in [2.75, 3.05) is 5.32 Å². The van der Waals surface area contributed by atoms with E-state index in [9.17, 15) is 10.1 Å². The summed E-state index contributed by atoms with van der Waals surface area (Å²) in [7, 11) is 0. The summed E-state index contributed by atoms with van der Waals surface area (Å²) in [5, 5.41) is 14.7. The summed E-state index contributed by atoms with van der Waals surface area (Å²) in [5.41, 5.74) is 5.21. The Hall–Kier alpha value is -3.52. The normalized spacial score (nSPS) is 11.4. The number of anilines is 1. The largest absolute Gasteiger partial charge is 0.340 e. The van der Waals surface area contributed by atoms with Crippen molar-refractivity contribution in [2.24, 2.45) is 0 Å². The Morgan fingerprint density at radius 2 is 1.79 bits per heavy atom. The maximum atomic E-state index is 12.9. The molecule has 0 bridgehead atoms. The van der Waals surface area contributed by atoms with Gasteiger partial charge < -0.3 is 9.88 Å². The summed E-state index contributed by atoms with van der Waals surface area (Å²) in [4.78, 5) is 12.9. The minimum Gasteiger partial charge on any atom is -0.340 e. The van der Waals surface area contributed by atoms with E-state index in [1.54, 1.807) is 18.2 Å². The van der Waals surface area contributed by atoms with Crippen molar-refractivity contribution in [2.45, 2.75) is 20.4 Å². The molecule has 4 aromatic rings. The number of carbonyl (C=O) groups is 1. The Bertz CT molecular complexity index is 1440. The summed E-state index contributed by atoms with van der Waals surface area (Å²) in [6.07, 6.45) is 1.65. The summed E-state index contributed by atoms with van der Waals surface area (Å²) in [5.74, 6) is -0.481. The number of nitrogens with one attached hydrogen (secondary N) is 1. The number of aryl methyl sites for hydroxylation is 1. The van der Waals surface area contributed by atoms with E-state index < -0.39 is 5.91 Å². The number of para-hydroxylation sites is 1. The predicted molar refractivity (Wildman–Crippen MR) is 136 cm³/mol. The fourth-order valence-corrected chi connectivity index (χ4v) is 4.22. The molecule has 4 rings (SSSR count). The molecule has 1 amide bonds. The van der Waals surface area contributed by atoms with Crippen LogP contribution in [0.25, 0.3) is 17.0 Å². The van der Waals surface area contributed by atoms with Crippen molar-refractivity contribution in [1.82, 2.24) is 4.57 Å². The molecule has 1 heterocycles. The van der Waals surface area contributed by atoms with Gasteiger partial charge in [0.2, 0.25) is 0 Å². The van der Waals surface area contributed by atoms with E-state index >= 15 is 0 Å². The molecule has 0 saturated heterocycles. The third-order valence-electron chi connectivity index (χ3n) is 5.67. The van der Waals surface area contributed by atoms with Crippen LogP contribution in [0.2, 0.25) is 10.0 Å². The molecule has 0 saturated carbocycles. The Balaban J connectivity index is 1.76. The third-order valence-corrected chi connectivity index (χ3v) is 6.27. The van der Waals surface area contributed by atoms with Gasteiger partial charge in [0.25, 0.3) is 5.91 Å². The summed E-state index contributed by atoms with van der Waals surface area (Å²) in [6.45, 7) is 4.43. The smallest absolute Gasteiger partial charge is 0.266 e. The van der Waals surface area contributed by atoms with E-state index in [0.29, 0.717) is 22.3 Å². The maximum absolute atomic E-state index is 12.9. The van der Waals surface area contributed by atoms with Crippen molar-refractivity contribution in [3.05, 3.63) is 105 Å². The first-order valence-corrected chi connectivity index (χ1v) is 11.1. The van der Waals surface area contributed by atoms with Crippen molar-refractivity contribution in [1.29, 1.82) is 5.26 Å². The molecule has 0 spiro atoms. The average molecular weight is 474 g/mol. The highest BCUT2D eigenvalue weighted by molar-refractivity contribution is 6.31. The molecule has 0 radical (unpaired) electrons. The SMILES string of the molecule is Cc1ccc(Cl)cc1NC(=O)/C(C#N)=C\c1c(C)n(Cc2ccccc2Cl)c2ccccc12. The summed E-state index contributed by atoms with van der Waals surface area (Å²) in [6, 6.07) is 23.0. The highest BCUT2D eigenvalue weighted by Crippen LogP contribution is 2.30. The van der Waals surface area contributed by atoms with Gasteiger partial charge in [-0.15, -0.1) is 0 Å². The Labute approximate surface area is 202 Å². The number of hydrogen-bond acceptors (Lipinski definition) is 2. The van der Waals surface area contributed by atoms with E-state index in [4.69, 9.17) is 23.2 Å². The lowest BCUT2D eigenvalue weighted by molar-refractivity contribution is -0.112. The van der Waals surface area contributed by atoms with Crippen LogP contribution in [-0.2, 0) is 11.3 Å². The van der Waals surface area contributed by atoms with Gasteiger partial charge in [0, 0.05) is 44.4 Å². The Morgan fingerprint density at radius 1 is 1.06 bits per heavy atom. The fraction of sp³-hybridized carbons (Fsp3) is 0.111. The highest BCUT2D eigenvalue weighted by Gasteiger charge is 2.17. The van der Waals surface area contributed by atoms with Crippen molar-refractivity contribution < 1.29 is 4.79 Å². The second-order valence-electron chi connectivity index (χ2n) is 7.78. The number of fused-ring (bicyclic) bond motifs is 1. The van der Waals surface area contributed by atoms with Crippen LogP contribution in [0.3, 0.4) is 0 Å². The molecule has 0 aliphatic rings. The molecule has 164 valence electrons. The fourth-order valence-electron chi connectivity index (χ4n) is 3.85. The zero-order valence-corrected chi connectivity index (χ0v) is 19.7. The molecule has 0 aliphatic heterocycles. The molecule has 33 heavy (non-hydrogen) atoms. The van der Waals surface area contributed by atoms with Crippen molar-refractivity contribution in [3.63, 3.8) is 0 Å². The third kappa shape index (κ3) is 4.66. The maximum Gasteiger partial charge on any atom is 0.266 e. The van der Waals surface area contributed by atoms with Crippen molar-refractivity contribution in [3.8, 4) is 6.07 Å². The molecule has 3 aromatic carbocycles. The van der Waals surface area contributed by atoms with Crippen LogP contribution in [0.4, 0.5) is 5.69 Å². The first-order valence-electron chi connectivity index (χ1n) is 10.4. The molecule has 0 unspecified atom stereocenters. The van der Waals surface area contributed by atoms with Crippen molar-refractivity contribution >= 4 is 51.8 Å². The van der Waals surface area contributed by atoms with Gasteiger partial charge in [-0.1, -0.05) is 65.7 Å².